The van der Waals surface area contributed by atoms with Crippen LogP contribution in [0.15, 0.2) is 30.3 Å². The maximum atomic E-state index is 11.7. The number of nitrogens with one attached hydrogen (secondary N) is 1. The molecule has 1 aromatic rings. The number of hydrogen-bond acceptors (Lipinski definition) is 4. The number of rotatable bonds is 2. The zero-order valence-corrected chi connectivity index (χ0v) is 11.1. The minimum atomic E-state index is -2.86. The van der Waals surface area contributed by atoms with E-state index >= 15 is 0 Å². The monoisotopic (exact) mass is 266 g/mol. The second kappa shape index (κ2) is 4.64. The van der Waals surface area contributed by atoms with Crippen molar-refractivity contribution >= 4 is 9.84 Å². The summed E-state index contributed by atoms with van der Waals surface area (Å²) >= 11 is 0. The first-order chi connectivity index (χ1) is 8.64. The molecule has 2 aliphatic heterocycles. The summed E-state index contributed by atoms with van der Waals surface area (Å²) < 4.78 is 23.5. The minimum Gasteiger partial charge on any atom is -0.310 e. The van der Waals surface area contributed by atoms with E-state index < -0.39 is 9.84 Å². The molecular weight excluding hydrogens is 248 g/mol. The first-order valence-electron chi connectivity index (χ1n) is 6.36. The van der Waals surface area contributed by atoms with E-state index in [1.54, 1.807) is 0 Å². The van der Waals surface area contributed by atoms with Crippen LogP contribution in [0.25, 0.3) is 0 Å². The Morgan fingerprint density at radius 3 is 2.78 bits per heavy atom. The second-order valence-corrected chi connectivity index (χ2v) is 7.31. The third kappa shape index (κ3) is 2.43. The van der Waals surface area contributed by atoms with E-state index in [0.717, 1.165) is 19.6 Å². The van der Waals surface area contributed by atoms with E-state index in [2.05, 4.69) is 22.3 Å². The molecule has 1 N–H and O–H groups in total. The Morgan fingerprint density at radius 2 is 2.00 bits per heavy atom. The van der Waals surface area contributed by atoms with Crippen LogP contribution in [-0.2, 0) is 16.4 Å². The Kier molecular flexibility index (Phi) is 3.13. The lowest BCUT2D eigenvalue weighted by molar-refractivity contribution is 0.141. The topological polar surface area (TPSA) is 49.4 Å². The van der Waals surface area contributed by atoms with Gasteiger partial charge in [0, 0.05) is 31.7 Å². The van der Waals surface area contributed by atoms with Crippen LogP contribution in [0.2, 0.25) is 0 Å². The number of nitrogens with zero attached hydrogens (tertiary/aromatic N) is 1. The number of fused-ring (bicyclic) bond motifs is 1. The molecular formula is C13H18N2O2S. The minimum absolute atomic E-state index is 0.118. The Labute approximate surface area is 108 Å². The lowest BCUT2D eigenvalue weighted by Crippen LogP contribution is -2.56. The normalized spacial score (nSPS) is 31.1. The molecule has 0 radical (unpaired) electrons. The van der Waals surface area contributed by atoms with Gasteiger partial charge in [-0.15, -0.1) is 0 Å². The summed E-state index contributed by atoms with van der Waals surface area (Å²) in [6, 6.07) is 10.5. The van der Waals surface area contributed by atoms with Crippen molar-refractivity contribution in [3.63, 3.8) is 0 Å². The largest absolute Gasteiger partial charge is 0.310 e. The van der Waals surface area contributed by atoms with Gasteiger partial charge >= 0.3 is 0 Å². The highest BCUT2D eigenvalue weighted by atomic mass is 32.2. The van der Waals surface area contributed by atoms with Crippen molar-refractivity contribution < 1.29 is 8.42 Å². The van der Waals surface area contributed by atoms with E-state index in [0.29, 0.717) is 11.5 Å². The van der Waals surface area contributed by atoms with Crippen LogP contribution in [0.4, 0.5) is 0 Å². The fraction of sp³-hybridized carbons (Fsp3) is 0.538. The third-order valence-electron chi connectivity index (χ3n) is 3.83. The average molecular weight is 266 g/mol. The highest BCUT2D eigenvalue weighted by Gasteiger charge is 2.42. The first kappa shape index (κ1) is 12.1. The predicted octanol–water partition coefficient (Wildman–Crippen LogP) is 0.257. The van der Waals surface area contributed by atoms with Gasteiger partial charge in [0.25, 0.3) is 0 Å². The molecule has 18 heavy (non-hydrogen) atoms. The fourth-order valence-corrected chi connectivity index (χ4v) is 4.94. The lowest BCUT2D eigenvalue weighted by atomic mass is 10.1. The molecule has 0 amide bonds. The summed E-state index contributed by atoms with van der Waals surface area (Å²) in [6.07, 6.45) is 0. The summed E-state index contributed by atoms with van der Waals surface area (Å²) in [5.41, 5.74) is 1.25. The van der Waals surface area contributed by atoms with Crippen LogP contribution >= 0.6 is 0 Å². The molecule has 0 bridgehead atoms. The van der Waals surface area contributed by atoms with E-state index in [1.807, 2.05) is 18.2 Å². The molecule has 5 heteroatoms. The molecule has 0 aliphatic carbocycles. The van der Waals surface area contributed by atoms with Crippen molar-refractivity contribution in [2.24, 2.45) is 0 Å². The van der Waals surface area contributed by atoms with Crippen molar-refractivity contribution in [1.82, 2.24) is 10.2 Å². The molecule has 0 aromatic heterocycles. The van der Waals surface area contributed by atoms with Crippen LogP contribution in [0.5, 0.6) is 0 Å². The molecule has 2 saturated heterocycles. The smallest absolute Gasteiger partial charge is 0.153 e. The third-order valence-corrected chi connectivity index (χ3v) is 5.54. The maximum Gasteiger partial charge on any atom is 0.153 e. The molecule has 0 unspecified atom stereocenters. The summed E-state index contributed by atoms with van der Waals surface area (Å²) in [7, 11) is -2.86. The number of hydrogen-bond donors (Lipinski definition) is 1. The zero-order chi connectivity index (χ0) is 12.6. The first-order valence-corrected chi connectivity index (χ1v) is 8.18. The number of sulfone groups is 1. The molecule has 3 rings (SSSR count). The fourth-order valence-electron chi connectivity index (χ4n) is 2.96. The van der Waals surface area contributed by atoms with Crippen LogP contribution < -0.4 is 5.32 Å². The van der Waals surface area contributed by atoms with Crippen molar-refractivity contribution in [3.8, 4) is 0 Å². The molecule has 0 spiro atoms. The van der Waals surface area contributed by atoms with Crippen LogP contribution in [0, 0.1) is 0 Å². The van der Waals surface area contributed by atoms with Crippen LogP contribution in [-0.4, -0.2) is 50.0 Å². The van der Waals surface area contributed by atoms with Gasteiger partial charge in [-0.2, -0.15) is 0 Å². The van der Waals surface area contributed by atoms with Crippen molar-refractivity contribution in [2.45, 2.75) is 18.6 Å². The van der Waals surface area contributed by atoms with Crippen LogP contribution in [0.1, 0.15) is 5.56 Å². The summed E-state index contributed by atoms with van der Waals surface area (Å²) in [6.45, 7) is 2.65. The molecule has 98 valence electrons. The molecule has 2 atom stereocenters. The zero-order valence-electron chi connectivity index (χ0n) is 10.2. The van der Waals surface area contributed by atoms with Crippen molar-refractivity contribution in [1.29, 1.82) is 0 Å². The van der Waals surface area contributed by atoms with Gasteiger partial charge in [0.2, 0.25) is 0 Å². The van der Waals surface area contributed by atoms with Gasteiger partial charge in [-0.25, -0.2) is 8.42 Å². The van der Waals surface area contributed by atoms with Gasteiger partial charge in [-0.3, -0.25) is 4.90 Å². The summed E-state index contributed by atoms with van der Waals surface area (Å²) in [4.78, 5) is 2.31. The van der Waals surface area contributed by atoms with E-state index in [9.17, 15) is 8.42 Å². The van der Waals surface area contributed by atoms with E-state index in [4.69, 9.17) is 0 Å². The molecule has 2 aliphatic rings. The second-order valence-electron chi connectivity index (χ2n) is 5.16. The summed E-state index contributed by atoms with van der Waals surface area (Å²) in [5.74, 6) is 0.598. The highest BCUT2D eigenvalue weighted by molar-refractivity contribution is 7.91. The van der Waals surface area contributed by atoms with Gasteiger partial charge in [-0.1, -0.05) is 30.3 Å². The Hall–Kier alpha value is -0.910. The standard InChI is InChI=1S/C13H18N2O2S/c16-18(17)9-12-13(10-18)15(7-6-14-12)8-11-4-2-1-3-5-11/h1-5,12-14H,6-10H2/t12-,13-/m1/s1. The number of benzene rings is 1. The Bertz CT molecular complexity index is 515. The lowest BCUT2D eigenvalue weighted by Gasteiger charge is -2.37. The van der Waals surface area contributed by atoms with Gasteiger partial charge in [0.1, 0.15) is 0 Å². The molecule has 2 heterocycles. The highest BCUT2D eigenvalue weighted by Crippen LogP contribution is 2.22. The average Bonchev–Trinajstić information content (AvgIpc) is 2.66. The maximum absolute atomic E-state index is 11.7. The van der Waals surface area contributed by atoms with E-state index in [-0.39, 0.29) is 12.1 Å². The van der Waals surface area contributed by atoms with E-state index in [1.165, 1.54) is 5.56 Å². The quantitative estimate of drug-likeness (QED) is 0.834. The molecule has 1 aromatic carbocycles. The Balaban J connectivity index is 1.76. The van der Waals surface area contributed by atoms with Crippen LogP contribution in [0.3, 0.4) is 0 Å². The summed E-state index contributed by atoms with van der Waals surface area (Å²) in [5, 5.41) is 3.33. The van der Waals surface area contributed by atoms with Crippen molar-refractivity contribution in [2.75, 3.05) is 24.6 Å². The molecule has 0 saturated carbocycles. The van der Waals surface area contributed by atoms with Gasteiger partial charge in [-0.05, 0) is 5.56 Å². The Morgan fingerprint density at radius 1 is 1.22 bits per heavy atom. The number of piperazine rings is 1. The van der Waals surface area contributed by atoms with Gasteiger partial charge in [0.15, 0.2) is 9.84 Å². The molecule has 2 fully saturated rings. The molecule has 4 nitrogen and oxygen atoms in total. The SMILES string of the molecule is O=S1(=O)C[C@@H]2[C@@H](C1)NCCN2Cc1ccccc1. The van der Waals surface area contributed by atoms with Gasteiger partial charge < -0.3 is 5.32 Å². The predicted molar refractivity (Wildman–Crippen MR) is 71.1 cm³/mol. The van der Waals surface area contributed by atoms with Crippen molar-refractivity contribution in [3.05, 3.63) is 35.9 Å². The van der Waals surface area contributed by atoms with Gasteiger partial charge in [0.05, 0.1) is 11.5 Å².